The summed E-state index contributed by atoms with van der Waals surface area (Å²) in [4.78, 5) is 32.6. The van der Waals surface area contributed by atoms with Crippen molar-refractivity contribution < 1.29 is 24.4 Å². The van der Waals surface area contributed by atoms with Crippen LogP contribution in [0.2, 0.25) is 0 Å². The summed E-state index contributed by atoms with van der Waals surface area (Å²) in [6, 6.07) is 4.03. The van der Waals surface area contributed by atoms with E-state index >= 15 is 0 Å². The molecule has 7 nitrogen and oxygen atoms in total. The van der Waals surface area contributed by atoms with E-state index in [2.05, 4.69) is 0 Å². The number of ketones is 1. The third-order valence-corrected chi connectivity index (χ3v) is 2.76. The van der Waals surface area contributed by atoms with Crippen LogP contribution in [0.5, 0.6) is 5.75 Å². The topological polar surface area (TPSA) is 107 Å². The number of Topliss-reactive ketones (excluding diaryl/α,β-unsaturated/α-hetero) is 1. The summed E-state index contributed by atoms with van der Waals surface area (Å²) < 4.78 is 5.23. The molecule has 0 spiro atoms. The lowest BCUT2D eigenvalue weighted by atomic mass is 10.0. The summed E-state index contributed by atoms with van der Waals surface area (Å²) in [6.07, 6.45) is 0.177. The molecule has 1 aromatic carbocycles. The monoisotopic (exact) mass is 295 g/mol. The van der Waals surface area contributed by atoms with Gasteiger partial charge >= 0.3 is 11.7 Å². The largest absolute Gasteiger partial charge is 0.487 e. The number of nitro groups is 1. The second kappa shape index (κ2) is 7.37. The number of rotatable bonds is 8. The summed E-state index contributed by atoms with van der Waals surface area (Å²) >= 11 is 0. The highest BCUT2D eigenvalue weighted by atomic mass is 16.6. The molecule has 0 atom stereocenters. The molecule has 7 heteroatoms. The van der Waals surface area contributed by atoms with E-state index in [1.807, 2.05) is 0 Å². The first kappa shape index (κ1) is 16.6. The minimum Gasteiger partial charge on any atom is -0.487 e. The zero-order valence-corrected chi connectivity index (χ0v) is 11.9. The summed E-state index contributed by atoms with van der Waals surface area (Å²) in [5.74, 6) is -1.36. The molecule has 0 amide bonds. The Balaban J connectivity index is 2.87. The van der Waals surface area contributed by atoms with Crippen LogP contribution in [0.25, 0.3) is 0 Å². The zero-order valence-electron chi connectivity index (χ0n) is 11.9. The highest BCUT2D eigenvalue weighted by Crippen LogP contribution is 2.29. The van der Waals surface area contributed by atoms with Gasteiger partial charge in [-0.05, 0) is 18.6 Å². The lowest BCUT2D eigenvalue weighted by molar-refractivity contribution is -0.385. The van der Waals surface area contributed by atoms with Crippen LogP contribution in [0.4, 0.5) is 5.69 Å². The fourth-order valence-electron chi connectivity index (χ4n) is 1.67. The number of aliphatic carboxylic acids is 1. The molecule has 1 rings (SSSR count). The highest BCUT2D eigenvalue weighted by Gasteiger charge is 2.20. The number of nitrogens with zero attached hydrogens (tertiary/aromatic N) is 1. The van der Waals surface area contributed by atoms with Crippen LogP contribution in [0, 0.1) is 16.0 Å². The first-order valence-electron chi connectivity index (χ1n) is 6.50. The Labute approximate surface area is 121 Å². The molecule has 0 aliphatic carbocycles. The lowest BCUT2D eigenvalue weighted by Gasteiger charge is -2.08. The van der Waals surface area contributed by atoms with Crippen LogP contribution in [0.15, 0.2) is 18.2 Å². The normalized spacial score (nSPS) is 10.4. The molecule has 0 aliphatic rings. The van der Waals surface area contributed by atoms with Crippen molar-refractivity contribution in [3.8, 4) is 5.75 Å². The van der Waals surface area contributed by atoms with Gasteiger partial charge in [0.05, 0.1) is 11.5 Å². The summed E-state index contributed by atoms with van der Waals surface area (Å²) in [5, 5.41) is 19.5. The van der Waals surface area contributed by atoms with Crippen molar-refractivity contribution in [2.45, 2.75) is 26.7 Å². The standard InChI is InChI=1S/C14H17NO6/c1-9(2)14(18)10-5-6-12(11(8-10)15(19)20)21-7-3-4-13(16)17/h5-6,8-9H,3-4,7H2,1-2H3,(H,16,17). The SMILES string of the molecule is CC(C)C(=O)c1ccc(OCCCC(=O)O)c([N+](=O)[O-])c1. The smallest absolute Gasteiger partial charge is 0.311 e. The van der Waals surface area contributed by atoms with Crippen molar-refractivity contribution >= 4 is 17.4 Å². The lowest BCUT2D eigenvalue weighted by Crippen LogP contribution is -2.09. The van der Waals surface area contributed by atoms with E-state index < -0.39 is 10.9 Å². The van der Waals surface area contributed by atoms with E-state index in [1.54, 1.807) is 13.8 Å². The van der Waals surface area contributed by atoms with E-state index in [4.69, 9.17) is 9.84 Å². The molecule has 0 bridgehead atoms. The maximum Gasteiger partial charge on any atom is 0.311 e. The average molecular weight is 295 g/mol. The predicted molar refractivity (Wildman–Crippen MR) is 74.6 cm³/mol. The van der Waals surface area contributed by atoms with Gasteiger partial charge in [0.1, 0.15) is 0 Å². The van der Waals surface area contributed by atoms with Crippen LogP contribution in [0.3, 0.4) is 0 Å². The molecule has 1 aromatic rings. The molecule has 0 saturated carbocycles. The summed E-state index contributed by atoms with van der Waals surface area (Å²) in [5.41, 5.74) is -0.0357. The Morgan fingerprint density at radius 3 is 2.57 bits per heavy atom. The van der Waals surface area contributed by atoms with Gasteiger partial charge in [-0.2, -0.15) is 0 Å². The number of carbonyl (C=O) groups excluding carboxylic acids is 1. The van der Waals surface area contributed by atoms with Crippen LogP contribution < -0.4 is 4.74 Å². The molecule has 1 N–H and O–H groups in total. The third kappa shape index (κ3) is 4.87. The molecular weight excluding hydrogens is 278 g/mol. The van der Waals surface area contributed by atoms with Crippen LogP contribution in [-0.4, -0.2) is 28.4 Å². The molecule has 0 aromatic heterocycles. The molecule has 0 fully saturated rings. The van der Waals surface area contributed by atoms with Crippen molar-refractivity contribution in [2.75, 3.05) is 6.61 Å². The zero-order chi connectivity index (χ0) is 16.0. The molecular formula is C14H17NO6. The van der Waals surface area contributed by atoms with Gasteiger partial charge in [0.25, 0.3) is 0 Å². The minimum atomic E-state index is -0.953. The Morgan fingerprint density at radius 1 is 1.38 bits per heavy atom. The summed E-state index contributed by atoms with van der Waals surface area (Å²) in [6.45, 7) is 3.49. The van der Waals surface area contributed by atoms with E-state index in [9.17, 15) is 19.7 Å². The molecule has 21 heavy (non-hydrogen) atoms. The number of carboxylic acid groups (broad SMARTS) is 1. The van der Waals surface area contributed by atoms with Crippen LogP contribution in [-0.2, 0) is 4.79 Å². The third-order valence-electron chi connectivity index (χ3n) is 2.76. The maximum atomic E-state index is 11.8. The number of benzene rings is 1. The fourth-order valence-corrected chi connectivity index (χ4v) is 1.67. The molecule has 0 saturated heterocycles. The fraction of sp³-hybridized carbons (Fsp3) is 0.429. The second-order valence-corrected chi connectivity index (χ2v) is 4.80. The molecule has 0 radical (unpaired) electrons. The number of carbonyl (C=O) groups is 2. The van der Waals surface area contributed by atoms with Crippen molar-refractivity contribution in [1.82, 2.24) is 0 Å². The first-order valence-corrected chi connectivity index (χ1v) is 6.50. The number of hydrogen-bond donors (Lipinski definition) is 1. The molecule has 0 aliphatic heterocycles. The van der Waals surface area contributed by atoms with Gasteiger partial charge in [0.15, 0.2) is 11.5 Å². The highest BCUT2D eigenvalue weighted by molar-refractivity contribution is 5.98. The number of nitro benzene ring substituents is 1. The maximum absolute atomic E-state index is 11.8. The Hall–Kier alpha value is -2.44. The molecule has 114 valence electrons. The van der Waals surface area contributed by atoms with E-state index in [1.165, 1.54) is 18.2 Å². The molecule has 0 heterocycles. The van der Waals surface area contributed by atoms with Gasteiger partial charge in [-0.1, -0.05) is 13.8 Å². The Morgan fingerprint density at radius 2 is 2.05 bits per heavy atom. The second-order valence-electron chi connectivity index (χ2n) is 4.80. The average Bonchev–Trinajstić information content (AvgIpc) is 2.42. The quantitative estimate of drug-likeness (QED) is 0.342. The van der Waals surface area contributed by atoms with Crippen molar-refractivity contribution in [3.63, 3.8) is 0 Å². The summed E-state index contributed by atoms with van der Waals surface area (Å²) in [7, 11) is 0. The Kier molecular flexibility index (Phi) is 5.83. The number of ether oxygens (including phenoxy) is 1. The Bertz CT molecular complexity index is 552. The number of carboxylic acids is 1. The van der Waals surface area contributed by atoms with Gasteiger partial charge in [-0.3, -0.25) is 19.7 Å². The van der Waals surface area contributed by atoms with Crippen molar-refractivity contribution in [2.24, 2.45) is 5.92 Å². The van der Waals surface area contributed by atoms with Crippen molar-refractivity contribution in [1.29, 1.82) is 0 Å². The van der Waals surface area contributed by atoms with Gasteiger partial charge in [-0.15, -0.1) is 0 Å². The predicted octanol–water partition coefficient (Wildman–Crippen LogP) is 2.68. The van der Waals surface area contributed by atoms with E-state index in [0.717, 1.165) is 0 Å². The van der Waals surface area contributed by atoms with Crippen LogP contribution >= 0.6 is 0 Å². The van der Waals surface area contributed by atoms with Crippen LogP contribution in [0.1, 0.15) is 37.0 Å². The number of hydrogen-bond acceptors (Lipinski definition) is 5. The van der Waals surface area contributed by atoms with E-state index in [0.29, 0.717) is 0 Å². The minimum absolute atomic E-state index is 0.0331. The van der Waals surface area contributed by atoms with Gasteiger partial charge < -0.3 is 9.84 Å². The van der Waals surface area contributed by atoms with E-state index in [-0.39, 0.29) is 48.2 Å². The van der Waals surface area contributed by atoms with Gasteiger partial charge in [-0.25, -0.2) is 0 Å². The van der Waals surface area contributed by atoms with Crippen molar-refractivity contribution in [3.05, 3.63) is 33.9 Å². The first-order chi connectivity index (χ1) is 9.82. The van der Waals surface area contributed by atoms with Gasteiger partial charge in [0.2, 0.25) is 0 Å². The van der Waals surface area contributed by atoms with Gasteiger partial charge in [0, 0.05) is 24.0 Å². The molecule has 0 unspecified atom stereocenters.